The Morgan fingerprint density at radius 3 is 2.75 bits per heavy atom. The zero-order valence-electron chi connectivity index (χ0n) is 21.0. The number of carbonyl (C=O) groups is 1. The van der Waals surface area contributed by atoms with Crippen LogP contribution in [0.25, 0.3) is 22.0 Å². The topological polar surface area (TPSA) is 62.2 Å². The van der Waals surface area contributed by atoms with Crippen LogP contribution in [-0.4, -0.2) is 28.5 Å². The van der Waals surface area contributed by atoms with E-state index in [0.717, 1.165) is 60.2 Å². The summed E-state index contributed by atoms with van der Waals surface area (Å²) in [4.78, 5) is 19.1. The van der Waals surface area contributed by atoms with E-state index in [0.29, 0.717) is 6.54 Å². The van der Waals surface area contributed by atoms with Gasteiger partial charge in [-0.2, -0.15) is 0 Å². The van der Waals surface area contributed by atoms with Crippen LogP contribution in [0, 0.1) is 5.92 Å². The zero-order valence-corrected chi connectivity index (χ0v) is 21.0. The molecule has 1 aliphatic heterocycles. The summed E-state index contributed by atoms with van der Waals surface area (Å²) < 4.78 is 2.15. The lowest BCUT2D eigenvalue weighted by molar-refractivity contribution is -0.111. The van der Waals surface area contributed by atoms with Gasteiger partial charge in [-0.05, 0) is 66.3 Å². The molecule has 0 spiro atoms. The van der Waals surface area contributed by atoms with Crippen molar-refractivity contribution in [3.05, 3.63) is 85.2 Å². The SMILES string of the molecule is C=CC(=O)Nc1cc(CNc2cc(-c3cn(C)c4ccccc34)ccn2)ccc1N1CCC(C)CC1. The number of amides is 1. The highest BCUT2D eigenvalue weighted by molar-refractivity contribution is 6.01. The molecule has 1 saturated heterocycles. The third-order valence-corrected chi connectivity index (χ3v) is 7.07. The lowest BCUT2D eigenvalue weighted by atomic mass is 9.98. The molecule has 0 bridgehead atoms. The summed E-state index contributed by atoms with van der Waals surface area (Å²) in [5.74, 6) is 1.36. The first-order valence-corrected chi connectivity index (χ1v) is 12.6. The van der Waals surface area contributed by atoms with Crippen LogP contribution in [0.15, 0.2) is 79.6 Å². The molecule has 0 radical (unpaired) electrons. The van der Waals surface area contributed by atoms with E-state index in [9.17, 15) is 4.79 Å². The Bertz CT molecular complexity index is 1400. The van der Waals surface area contributed by atoms with Crippen molar-refractivity contribution in [1.82, 2.24) is 9.55 Å². The van der Waals surface area contributed by atoms with Crippen molar-refractivity contribution in [2.45, 2.75) is 26.3 Å². The number of benzene rings is 2. The summed E-state index contributed by atoms with van der Waals surface area (Å²) >= 11 is 0. The van der Waals surface area contributed by atoms with E-state index in [1.807, 2.05) is 12.3 Å². The second kappa shape index (κ2) is 10.3. The third-order valence-electron chi connectivity index (χ3n) is 7.07. The molecule has 1 fully saturated rings. The van der Waals surface area contributed by atoms with Gasteiger partial charge >= 0.3 is 0 Å². The maximum atomic E-state index is 12.2. The summed E-state index contributed by atoms with van der Waals surface area (Å²) in [5, 5.41) is 7.70. The van der Waals surface area contributed by atoms with Crippen molar-refractivity contribution in [3.63, 3.8) is 0 Å². The number of rotatable bonds is 7. The molecule has 2 aromatic carbocycles. The fraction of sp³-hybridized carbons (Fsp3) is 0.267. The standard InChI is InChI=1S/C30H33N5O/c1-4-30(36)33-26-17-22(9-10-28(26)35-15-12-21(2)13-16-35)19-32-29-18-23(11-14-31-29)25-20-34(3)27-8-6-5-7-24(25)27/h4-11,14,17-18,20-21H,1,12-13,15-16,19H2,2-3H3,(H,31,32)(H,33,36). The third kappa shape index (κ3) is 4.98. The molecule has 2 aromatic heterocycles. The summed E-state index contributed by atoms with van der Waals surface area (Å²) in [5.41, 5.74) is 6.48. The molecule has 4 aromatic rings. The minimum Gasteiger partial charge on any atom is -0.370 e. The smallest absolute Gasteiger partial charge is 0.247 e. The molecular formula is C30H33N5O. The number of fused-ring (bicyclic) bond motifs is 1. The predicted octanol–water partition coefficient (Wildman–Crippen LogP) is 6.21. The number of carbonyl (C=O) groups excluding carboxylic acids is 1. The van der Waals surface area contributed by atoms with Crippen molar-refractivity contribution in [1.29, 1.82) is 0 Å². The number of piperidine rings is 1. The Labute approximate surface area is 212 Å². The van der Waals surface area contributed by atoms with Crippen molar-refractivity contribution < 1.29 is 4.79 Å². The minimum atomic E-state index is -0.198. The van der Waals surface area contributed by atoms with Gasteiger partial charge in [-0.15, -0.1) is 0 Å². The second-order valence-electron chi connectivity index (χ2n) is 9.67. The summed E-state index contributed by atoms with van der Waals surface area (Å²) in [6, 6.07) is 18.9. The van der Waals surface area contributed by atoms with Crippen molar-refractivity contribution in [2.24, 2.45) is 13.0 Å². The molecule has 3 heterocycles. The van der Waals surface area contributed by atoms with E-state index in [1.54, 1.807) is 0 Å². The lowest BCUT2D eigenvalue weighted by Gasteiger charge is -2.33. The van der Waals surface area contributed by atoms with Gasteiger partial charge in [0.2, 0.25) is 5.91 Å². The number of nitrogens with one attached hydrogen (secondary N) is 2. The summed E-state index contributed by atoms with van der Waals surface area (Å²) in [6.07, 6.45) is 7.65. The van der Waals surface area contributed by atoms with Crippen LogP contribution in [-0.2, 0) is 18.4 Å². The van der Waals surface area contributed by atoms with Gasteiger partial charge in [-0.1, -0.05) is 37.8 Å². The van der Waals surface area contributed by atoms with E-state index in [1.165, 1.54) is 22.5 Å². The molecule has 0 atom stereocenters. The number of aryl methyl sites for hydroxylation is 1. The summed E-state index contributed by atoms with van der Waals surface area (Å²) in [6.45, 7) is 8.51. The molecule has 1 aliphatic rings. The Morgan fingerprint density at radius 2 is 1.94 bits per heavy atom. The van der Waals surface area contributed by atoms with Crippen LogP contribution < -0.4 is 15.5 Å². The Hall–Kier alpha value is -4.06. The van der Waals surface area contributed by atoms with E-state index in [4.69, 9.17) is 0 Å². The number of anilines is 3. The van der Waals surface area contributed by atoms with Gasteiger partial charge in [-0.3, -0.25) is 4.79 Å². The molecular weight excluding hydrogens is 446 g/mol. The van der Waals surface area contributed by atoms with Crippen LogP contribution in [0.2, 0.25) is 0 Å². The zero-order chi connectivity index (χ0) is 25.1. The number of hydrogen-bond acceptors (Lipinski definition) is 4. The number of pyridine rings is 1. The van der Waals surface area contributed by atoms with Gasteiger partial charge in [0.05, 0.1) is 11.4 Å². The normalized spacial score (nSPS) is 14.1. The molecule has 0 aliphatic carbocycles. The molecule has 1 amide bonds. The number of aromatic nitrogens is 2. The van der Waals surface area contributed by atoms with Crippen LogP contribution in [0.1, 0.15) is 25.3 Å². The van der Waals surface area contributed by atoms with Crippen molar-refractivity contribution in [2.75, 3.05) is 28.6 Å². The predicted molar refractivity (Wildman–Crippen MR) is 149 cm³/mol. The van der Waals surface area contributed by atoms with Crippen LogP contribution in [0.5, 0.6) is 0 Å². The van der Waals surface area contributed by atoms with Crippen LogP contribution in [0.4, 0.5) is 17.2 Å². The Kier molecular flexibility index (Phi) is 6.76. The molecule has 0 unspecified atom stereocenters. The molecule has 6 heteroatoms. The minimum absolute atomic E-state index is 0.198. The number of nitrogens with zero attached hydrogens (tertiary/aromatic N) is 3. The first-order valence-electron chi connectivity index (χ1n) is 12.6. The number of para-hydroxylation sites is 1. The summed E-state index contributed by atoms with van der Waals surface area (Å²) in [7, 11) is 2.07. The van der Waals surface area contributed by atoms with E-state index >= 15 is 0 Å². The number of hydrogen-bond donors (Lipinski definition) is 2. The fourth-order valence-corrected chi connectivity index (χ4v) is 4.96. The Balaban J connectivity index is 1.36. The van der Waals surface area contributed by atoms with E-state index < -0.39 is 0 Å². The molecule has 184 valence electrons. The highest BCUT2D eigenvalue weighted by Crippen LogP contribution is 2.33. The molecule has 36 heavy (non-hydrogen) atoms. The monoisotopic (exact) mass is 479 g/mol. The maximum absolute atomic E-state index is 12.2. The van der Waals surface area contributed by atoms with Gasteiger partial charge < -0.3 is 20.1 Å². The van der Waals surface area contributed by atoms with Gasteiger partial charge in [0.15, 0.2) is 0 Å². The van der Waals surface area contributed by atoms with Gasteiger partial charge in [0, 0.05) is 55.5 Å². The van der Waals surface area contributed by atoms with Crippen molar-refractivity contribution in [3.8, 4) is 11.1 Å². The second-order valence-corrected chi connectivity index (χ2v) is 9.67. The Morgan fingerprint density at radius 1 is 1.14 bits per heavy atom. The van der Waals surface area contributed by atoms with Gasteiger partial charge in [0.25, 0.3) is 0 Å². The van der Waals surface area contributed by atoms with Crippen LogP contribution in [0.3, 0.4) is 0 Å². The van der Waals surface area contributed by atoms with E-state index in [-0.39, 0.29) is 5.91 Å². The van der Waals surface area contributed by atoms with E-state index in [2.05, 4.69) is 100 Å². The van der Waals surface area contributed by atoms with Crippen LogP contribution >= 0.6 is 0 Å². The van der Waals surface area contributed by atoms with Crippen molar-refractivity contribution >= 4 is 34.0 Å². The first-order chi connectivity index (χ1) is 17.5. The largest absolute Gasteiger partial charge is 0.370 e. The quantitative estimate of drug-likeness (QED) is 0.309. The molecule has 6 nitrogen and oxygen atoms in total. The lowest BCUT2D eigenvalue weighted by Crippen LogP contribution is -2.33. The highest BCUT2D eigenvalue weighted by atomic mass is 16.1. The first kappa shape index (κ1) is 23.7. The van der Waals surface area contributed by atoms with Gasteiger partial charge in [-0.25, -0.2) is 4.98 Å². The molecule has 0 saturated carbocycles. The average Bonchev–Trinajstić information content (AvgIpc) is 3.25. The average molecular weight is 480 g/mol. The van der Waals surface area contributed by atoms with Gasteiger partial charge in [0.1, 0.15) is 5.82 Å². The maximum Gasteiger partial charge on any atom is 0.247 e. The fourth-order valence-electron chi connectivity index (χ4n) is 4.96. The molecule has 2 N–H and O–H groups in total. The highest BCUT2D eigenvalue weighted by Gasteiger charge is 2.19. The molecule has 5 rings (SSSR count).